The number of methoxy groups -OCH3 is 1. The molecule has 2 unspecified atom stereocenters. The predicted molar refractivity (Wildman–Crippen MR) is 76.8 cm³/mol. The molecular weight excluding hydrogens is 224 g/mol. The molecule has 2 heteroatoms. The average Bonchev–Trinajstić information content (AvgIpc) is 2.94. The van der Waals surface area contributed by atoms with Crippen LogP contribution in [-0.4, -0.2) is 25.4 Å². The van der Waals surface area contributed by atoms with E-state index in [-0.39, 0.29) is 5.60 Å². The van der Waals surface area contributed by atoms with Gasteiger partial charge in [0.25, 0.3) is 0 Å². The predicted octanol–water partition coefficient (Wildman–Crippen LogP) is 4.26. The Hall–Kier alpha value is -0.600. The van der Waals surface area contributed by atoms with E-state index in [2.05, 4.69) is 39.8 Å². The van der Waals surface area contributed by atoms with Crippen molar-refractivity contribution in [2.45, 2.75) is 65.1 Å². The van der Waals surface area contributed by atoms with Crippen LogP contribution in [0, 0.1) is 0 Å². The van der Waals surface area contributed by atoms with E-state index in [0.29, 0.717) is 6.10 Å². The van der Waals surface area contributed by atoms with Crippen molar-refractivity contribution in [2.24, 2.45) is 0 Å². The molecule has 0 spiro atoms. The summed E-state index contributed by atoms with van der Waals surface area (Å²) >= 11 is 0. The Morgan fingerprint density at radius 2 is 2.00 bits per heavy atom. The van der Waals surface area contributed by atoms with E-state index in [4.69, 9.17) is 9.47 Å². The van der Waals surface area contributed by atoms with Gasteiger partial charge >= 0.3 is 0 Å². The van der Waals surface area contributed by atoms with Crippen LogP contribution in [0.4, 0.5) is 0 Å². The largest absolute Gasteiger partial charge is 0.381 e. The smallest absolute Gasteiger partial charge is 0.0923 e. The van der Waals surface area contributed by atoms with Gasteiger partial charge in [-0.1, -0.05) is 23.3 Å². The van der Waals surface area contributed by atoms with Gasteiger partial charge in [-0.2, -0.15) is 0 Å². The van der Waals surface area contributed by atoms with Gasteiger partial charge in [0.1, 0.15) is 0 Å². The number of hydrogen-bond acceptors (Lipinski definition) is 2. The number of hydrogen-bond donors (Lipinski definition) is 0. The third-order valence-corrected chi connectivity index (χ3v) is 3.63. The minimum atomic E-state index is 0.132. The van der Waals surface area contributed by atoms with E-state index in [1.165, 1.54) is 11.1 Å². The van der Waals surface area contributed by atoms with Crippen LogP contribution in [0.5, 0.6) is 0 Å². The Bertz CT molecular complexity index is 313. The lowest BCUT2D eigenvalue weighted by atomic mass is 9.96. The molecule has 0 radical (unpaired) electrons. The van der Waals surface area contributed by atoms with Crippen molar-refractivity contribution >= 4 is 0 Å². The van der Waals surface area contributed by atoms with Gasteiger partial charge in [-0.05, 0) is 53.4 Å². The summed E-state index contributed by atoms with van der Waals surface area (Å²) in [6, 6.07) is 0. The van der Waals surface area contributed by atoms with Gasteiger partial charge in [0, 0.05) is 7.11 Å². The zero-order valence-corrected chi connectivity index (χ0v) is 12.6. The fourth-order valence-corrected chi connectivity index (χ4v) is 2.21. The molecule has 1 aliphatic rings. The number of rotatable bonds is 8. The molecule has 0 amide bonds. The van der Waals surface area contributed by atoms with Crippen molar-refractivity contribution in [2.75, 3.05) is 13.7 Å². The molecule has 0 aromatic rings. The molecule has 1 saturated heterocycles. The van der Waals surface area contributed by atoms with Gasteiger partial charge in [-0.3, -0.25) is 0 Å². The van der Waals surface area contributed by atoms with Crippen LogP contribution in [0.2, 0.25) is 0 Å². The molecule has 104 valence electrons. The average molecular weight is 252 g/mol. The first-order valence-corrected chi connectivity index (χ1v) is 6.93. The van der Waals surface area contributed by atoms with Crippen LogP contribution >= 0.6 is 0 Å². The van der Waals surface area contributed by atoms with E-state index < -0.39 is 0 Å². The van der Waals surface area contributed by atoms with Crippen LogP contribution < -0.4 is 0 Å². The molecule has 0 aromatic carbocycles. The molecule has 0 aromatic heterocycles. The molecule has 1 fully saturated rings. The molecule has 0 bridgehead atoms. The van der Waals surface area contributed by atoms with Crippen LogP contribution in [0.15, 0.2) is 23.3 Å². The molecule has 2 nitrogen and oxygen atoms in total. The molecule has 0 saturated carbocycles. The number of epoxide rings is 1. The van der Waals surface area contributed by atoms with Gasteiger partial charge in [0.05, 0.1) is 18.3 Å². The summed E-state index contributed by atoms with van der Waals surface area (Å²) in [4.78, 5) is 0. The molecule has 1 aliphatic heterocycles. The minimum Gasteiger partial charge on any atom is -0.381 e. The van der Waals surface area contributed by atoms with Crippen molar-refractivity contribution in [3.05, 3.63) is 23.3 Å². The second-order valence-electron chi connectivity index (χ2n) is 5.78. The van der Waals surface area contributed by atoms with Gasteiger partial charge in [0.2, 0.25) is 0 Å². The van der Waals surface area contributed by atoms with Crippen molar-refractivity contribution < 1.29 is 9.47 Å². The van der Waals surface area contributed by atoms with E-state index in [0.717, 1.165) is 32.3 Å². The highest BCUT2D eigenvalue weighted by Crippen LogP contribution is 2.43. The van der Waals surface area contributed by atoms with Crippen LogP contribution in [-0.2, 0) is 9.47 Å². The minimum absolute atomic E-state index is 0.132. The second-order valence-corrected chi connectivity index (χ2v) is 5.78. The highest BCUT2D eigenvalue weighted by atomic mass is 16.6. The van der Waals surface area contributed by atoms with Gasteiger partial charge in [-0.25, -0.2) is 0 Å². The SMILES string of the molecule is COC/C=C(\C)CCC1OC1(C)CCC=C(C)C. The van der Waals surface area contributed by atoms with Crippen LogP contribution in [0.25, 0.3) is 0 Å². The van der Waals surface area contributed by atoms with E-state index in [9.17, 15) is 0 Å². The van der Waals surface area contributed by atoms with Gasteiger partial charge in [0.15, 0.2) is 0 Å². The normalized spacial score (nSPS) is 27.2. The Kier molecular flexibility index (Phi) is 6.10. The summed E-state index contributed by atoms with van der Waals surface area (Å²) in [7, 11) is 1.73. The van der Waals surface area contributed by atoms with Crippen LogP contribution in [0.3, 0.4) is 0 Å². The van der Waals surface area contributed by atoms with E-state index in [1.54, 1.807) is 7.11 Å². The fourth-order valence-electron chi connectivity index (χ4n) is 2.21. The van der Waals surface area contributed by atoms with Gasteiger partial charge in [-0.15, -0.1) is 0 Å². The second kappa shape index (κ2) is 7.10. The first-order valence-electron chi connectivity index (χ1n) is 6.93. The lowest BCUT2D eigenvalue weighted by molar-refractivity contribution is 0.233. The third kappa shape index (κ3) is 5.36. The zero-order chi connectivity index (χ0) is 13.6. The summed E-state index contributed by atoms with van der Waals surface area (Å²) in [6.07, 6.45) is 9.44. The van der Waals surface area contributed by atoms with Crippen LogP contribution in [0.1, 0.15) is 53.4 Å². The molecular formula is C16H28O2. The first-order chi connectivity index (χ1) is 8.48. The van der Waals surface area contributed by atoms with Crippen molar-refractivity contribution in [1.29, 1.82) is 0 Å². The van der Waals surface area contributed by atoms with Gasteiger partial charge < -0.3 is 9.47 Å². The maximum Gasteiger partial charge on any atom is 0.0923 e. The summed E-state index contributed by atoms with van der Waals surface area (Å²) in [6.45, 7) is 9.43. The number of allylic oxidation sites excluding steroid dienone is 3. The summed E-state index contributed by atoms with van der Waals surface area (Å²) < 4.78 is 10.9. The maximum atomic E-state index is 5.85. The van der Waals surface area contributed by atoms with Crippen molar-refractivity contribution in [1.82, 2.24) is 0 Å². The topological polar surface area (TPSA) is 21.8 Å². The highest BCUT2D eigenvalue weighted by molar-refractivity contribution is 5.05. The summed E-state index contributed by atoms with van der Waals surface area (Å²) in [5.41, 5.74) is 2.93. The molecule has 1 rings (SSSR count). The molecule has 0 N–H and O–H groups in total. The Morgan fingerprint density at radius 3 is 2.61 bits per heavy atom. The molecule has 18 heavy (non-hydrogen) atoms. The Balaban J connectivity index is 2.21. The molecule has 1 heterocycles. The summed E-state index contributed by atoms with van der Waals surface area (Å²) in [5, 5.41) is 0. The summed E-state index contributed by atoms with van der Waals surface area (Å²) in [5.74, 6) is 0. The fraction of sp³-hybridized carbons (Fsp3) is 0.750. The van der Waals surface area contributed by atoms with Crippen molar-refractivity contribution in [3.63, 3.8) is 0 Å². The third-order valence-electron chi connectivity index (χ3n) is 3.63. The molecule has 2 atom stereocenters. The lowest BCUT2D eigenvalue weighted by Gasteiger charge is -2.05. The molecule has 0 aliphatic carbocycles. The Labute approximate surface area is 112 Å². The Morgan fingerprint density at radius 1 is 1.28 bits per heavy atom. The first kappa shape index (κ1) is 15.5. The zero-order valence-electron chi connectivity index (χ0n) is 12.6. The maximum absolute atomic E-state index is 5.85. The highest BCUT2D eigenvalue weighted by Gasteiger charge is 2.50. The van der Waals surface area contributed by atoms with Crippen molar-refractivity contribution in [3.8, 4) is 0 Å². The quantitative estimate of drug-likeness (QED) is 0.475. The standard InChI is InChI=1S/C16H28O2/c1-13(2)7-6-11-16(4)15(18-16)9-8-14(3)10-12-17-5/h7,10,15H,6,8-9,11-12H2,1-5H3/b14-10+. The number of ether oxygens (including phenoxy) is 2. The monoisotopic (exact) mass is 252 g/mol. The lowest BCUT2D eigenvalue weighted by Crippen LogP contribution is -2.09. The van der Waals surface area contributed by atoms with E-state index >= 15 is 0 Å². The van der Waals surface area contributed by atoms with E-state index in [1.807, 2.05) is 0 Å².